The summed E-state index contributed by atoms with van der Waals surface area (Å²) in [5.41, 5.74) is 0. The fourth-order valence-electron chi connectivity index (χ4n) is 2.39. The van der Waals surface area contributed by atoms with Gasteiger partial charge in [0.05, 0.1) is 30.9 Å². The highest BCUT2D eigenvalue weighted by atomic mass is 16.4. The molecular weight excluding hydrogens is 246 g/mol. The van der Waals surface area contributed by atoms with E-state index in [2.05, 4.69) is 0 Å². The molecule has 19 heavy (non-hydrogen) atoms. The highest BCUT2D eigenvalue weighted by Gasteiger charge is 2.35. The normalized spacial score (nSPS) is 21.4. The molecule has 1 fully saturated rings. The molecule has 1 N–H and O–H groups in total. The molecule has 1 aliphatic rings. The summed E-state index contributed by atoms with van der Waals surface area (Å²) in [6, 6.07) is 3.95. The van der Waals surface area contributed by atoms with Gasteiger partial charge < -0.3 is 10.0 Å². The Bertz CT molecular complexity index is 404. The van der Waals surface area contributed by atoms with E-state index in [4.69, 9.17) is 15.6 Å². The first kappa shape index (κ1) is 15.0. The molecule has 0 aromatic rings. The van der Waals surface area contributed by atoms with E-state index in [1.807, 2.05) is 12.1 Å². The van der Waals surface area contributed by atoms with E-state index in [9.17, 15) is 9.59 Å². The third kappa shape index (κ3) is 4.26. The lowest BCUT2D eigenvalue weighted by Gasteiger charge is -2.23. The molecule has 1 saturated carbocycles. The van der Waals surface area contributed by atoms with E-state index in [1.54, 1.807) is 0 Å². The van der Waals surface area contributed by atoms with Crippen LogP contribution < -0.4 is 0 Å². The van der Waals surface area contributed by atoms with Crippen molar-refractivity contribution < 1.29 is 14.7 Å². The maximum Gasteiger partial charge on any atom is 0.306 e. The van der Waals surface area contributed by atoms with E-state index >= 15 is 0 Å². The monoisotopic (exact) mass is 263 g/mol. The molecule has 6 nitrogen and oxygen atoms in total. The number of carboxylic acids is 1. The second kappa shape index (κ2) is 7.38. The summed E-state index contributed by atoms with van der Waals surface area (Å²) in [6.07, 6.45) is 1.92. The zero-order valence-electron chi connectivity index (χ0n) is 10.7. The second-order valence-corrected chi connectivity index (χ2v) is 4.69. The minimum absolute atomic E-state index is 0.116. The summed E-state index contributed by atoms with van der Waals surface area (Å²) in [6.45, 7) is 0.622. The Morgan fingerprint density at radius 2 is 1.63 bits per heavy atom. The molecule has 0 aliphatic heterocycles. The predicted octanol–water partition coefficient (Wildman–Crippen LogP) is 1.14. The van der Waals surface area contributed by atoms with Gasteiger partial charge in [-0.25, -0.2) is 0 Å². The highest BCUT2D eigenvalue weighted by Crippen LogP contribution is 2.32. The quantitative estimate of drug-likeness (QED) is 0.773. The Morgan fingerprint density at radius 1 is 1.11 bits per heavy atom. The summed E-state index contributed by atoms with van der Waals surface area (Å²) >= 11 is 0. The number of hydrogen-bond donors (Lipinski definition) is 1. The number of amides is 1. The molecule has 0 aromatic carbocycles. The van der Waals surface area contributed by atoms with Gasteiger partial charge in [-0.15, -0.1) is 0 Å². The summed E-state index contributed by atoms with van der Waals surface area (Å²) in [4.78, 5) is 24.6. The Kier molecular flexibility index (Phi) is 5.81. The number of carbonyl (C=O) groups excluding carboxylic acids is 1. The largest absolute Gasteiger partial charge is 0.481 e. The predicted molar refractivity (Wildman–Crippen MR) is 65.5 cm³/mol. The topological polar surface area (TPSA) is 105 Å². The Morgan fingerprint density at radius 3 is 2.05 bits per heavy atom. The SMILES string of the molecule is N#CCCN(CCC#N)C(=O)[C@@H]1CC[C@H](C(=O)O)C1. The molecule has 0 unspecified atom stereocenters. The van der Waals surface area contributed by atoms with Crippen molar-refractivity contribution in [2.75, 3.05) is 13.1 Å². The molecule has 2 atom stereocenters. The maximum atomic E-state index is 12.2. The third-order valence-electron chi connectivity index (χ3n) is 3.43. The van der Waals surface area contributed by atoms with Gasteiger partial charge in [0.1, 0.15) is 0 Å². The van der Waals surface area contributed by atoms with Crippen LogP contribution >= 0.6 is 0 Å². The first-order valence-electron chi connectivity index (χ1n) is 6.35. The van der Waals surface area contributed by atoms with Crippen LogP contribution in [0.1, 0.15) is 32.1 Å². The molecule has 0 heterocycles. The van der Waals surface area contributed by atoms with Crippen LogP contribution in [0.3, 0.4) is 0 Å². The number of nitrogens with zero attached hydrogens (tertiary/aromatic N) is 3. The number of rotatable bonds is 6. The van der Waals surface area contributed by atoms with Gasteiger partial charge >= 0.3 is 5.97 Å². The van der Waals surface area contributed by atoms with Crippen molar-refractivity contribution in [3.8, 4) is 12.1 Å². The summed E-state index contributed by atoms with van der Waals surface area (Å²) in [5.74, 6) is -1.69. The van der Waals surface area contributed by atoms with Crippen molar-refractivity contribution in [3.63, 3.8) is 0 Å². The lowest BCUT2D eigenvalue weighted by atomic mass is 10.0. The first-order valence-corrected chi connectivity index (χ1v) is 6.35. The average Bonchev–Trinajstić information content (AvgIpc) is 2.88. The van der Waals surface area contributed by atoms with Gasteiger partial charge in [0, 0.05) is 19.0 Å². The molecular formula is C13H17N3O3. The standard InChI is InChI=1S/C13H17N3O3/c14-5-1-7-16(8-2-6-15)12(17)10-3-4-11(9-10)13(18)19/h10-11H,1-4,7-9H2,(H,18,19)/t10-,11+/m1/s1. The number of nitriles is 2. The van der Waals surface area contributed by atoms with Crippen LogP contribution in [-0.2, 0) is 9.59 Å². The van der Waals surface area contributed by atoms with Crippen molar-refractivity contribution in [1.82, 2.24) is 4.90 Å². The van der Waals surface area contributed by atoms with E-state index in [1.165, 1.54) is 4.90 Å². The smallest absolute Gasteiger partial charge is 0.306 e. The highest BCUT2D eigenvalue weighted by molar-refractivity contribution is 5.81. The molecule has 102 valence electrons. The van der Waals surface area contributed by atoms with Gasteiger partial charge in [-0.1, -0.05) is 0 Å². The van der Waals surface area contributed by atoms with Crippen molar-refractivity contribution >= 4 is 11.9 Å². The van der Waals surface area contributed by atoms with Crippen LogP contribution in [0.15, 0.2) is 0 Å². The molecule has 6 heteroatoms. The van der Waals surface area contributed by atoms with Crippen LogP contribution in [0, 0.1) is 34.5 Å². The van der Waals surface area contributed by atoms with Gasteiger partial charge in [-0.2, -0.15) is 10.5 Å². The van der Waals surface area contributed by atoms with Crippen molar-refractivity contribution in [1.29, 1.82) is 10.5 Å². The molecule has 0 spiro atoms. The van der Waals surface area contributed by atoms with Gasteiger partial charge in [0.2, 0.25) is 5.91 Å². The van der Waals surface area contributed by atoms with E-state index in [0.29, 0.717) is 32.4 Å². The van der Waals surface area contributed by atoms with E-state index in [0.717, 1.165) is 0 Å². The van der Waals surface area contributed by atoms with Crippen LogP contribution in [-0.4, -0.2) is 35.0 Å². The van der Waals surface area contributed by atoms with E-state index < -0.39 is 11.9 Å². The molecule has 0 bridgehead atoms. The summed E-state index contributed by atoms with van der Waals surface area (Å²) in [7, 11) is 0. The lowest BCUT2D eigenvalue weighted by molar-refractivity contribution is -0.141. The van der Waals surface area contributed by atoms with Crippen LogP contribution in [0.5, 0.6) is 0 Å². The van der Waals surface area contributed by atoms with Crippen LogP contribution in [0.2, 0.25) is 0 Å². The fraction of sp³-hybridized carbons (Fsp3) is 0.692. The Balaban J connectivity index is 2.59. The van der Waals surface area contributed by atoms with Crippen molar-refractivity contribution in [2.24, 2.45) is 11.8 Å². The second-order valence-electron chi connectivity index (χ2n) is 4.69. The van der Waals surface area contributed by atoms with Crippen molar-refractivity contribution in [2.45, 2.75) is 32.1 Å². The Hall–Kier alpha value is -2.08. The van der Waals surface area contributed by atoms with Crippen LogP contribution in [0.25, 0.3) is 0 Å². The van der Waals surface area contributed by atoms with Gasteiger partial charge in [-0.05, 0) is 19.3 Å². The number of carbonyl (C=O) groups is 2. The molecule has 1 aliphatic carbocycles. The molecule has 1 rings (SSSR count). The Labute approximate surface area is 112 Å². The fourth-order valence-corrected chi connectivity index (χ4v) is 2.39. The minimum atomic E-state index is -0.851. The summed E-state index contributed by atoms with van der Waals surface area (Å²) in [5, 5.41) is 26.1. The van der Waals surface area contributed by atoms with Gasteiger partial charge in [-0.3, -0.25) is 9.59 Å². The van der Waals surface area contributed by atoms with Crippen molar-refractivity contribution in [3.05, 3.63) is 0 Å². The van der Waals surface area contributed by atoms with Crippen LogP contribution in [0.4, 0.5) is 0 Å². The summed E-state index contributed by atoms with van der Waals surface area (Å²) < 4.78 is 0. The lowest BCUT2D eigenvalue weighted by Crippen LogP contribution is -2.37. The third-order valence-corrected chi connectivity index (χ3v) is 3.43. The van der Waals surface area contributed by atoms with Gasteiger partial charge in [0.25, 0.3) is 0 Å². The maximum absolute atomic E-state index is 12.2. The molecule has 1 amide bonds. The number of carboxylic acid groups (broad SMARTS) is 1. The first-order chi connectivity index (χ1) is 9.10. The van der Waals surface area contributed by atoms with Gasteiger partial charge in [0.15, 0.2) is 0 Å². The minimum Gasteiger partial charge on any atom is -0.481 e. The number of aliphatic carboxylic acids is 1. The van der Waals surface area contributed by atoms with E-state index in [-0.39, 0.29) is 24.7 Å². The average molecular weight is 263 g/mol. The molecule has 0 aromatic heterocycles. The zero-order chi connectivity index (χ0) is 14.3. The number of hydrogen-bond acceptors (Lipinski definition) is 4. The molecule has 0 radical (unpaired) electrons. The zero-order valence-corrected chi connectivity index (χ0v) is 10.7. The molecule has 0 saturated heterocycles.